The fourth-order valence-electron chi connectivity index (χ4n) is 2.95. The zero-order valence-electron chi connectivity index (χ0n) is 15.6. The van der Waals surface area contributed by atoms with E-state index < -0.39 is 4.92 Å². The molecule has 0 radical (unpaired) electrons. The summed E-state index contributed by atoms with van der Waals surface area (Å²) in [5.74, 6) is -0.293. The van der Waals surface area contributed by atoms with Gasteiger partial charge in [0, 0.05) is 19.2 Å². The van der Waals surface area contributed by atoms with E-state index in [4.69, 9.17) is 0 Å². The summed E-state index contributed by atoms with van der Waals surface area (Å²) in [6.07, 6.45) is 0. The standard InChI is InChI=1S/C19H16N6O3S/c1-12-18(21-22-24(12)13-6-5-7-14(10-13)25(27)28)19(26)23(2)11-17-20-15-8-3-4-9-16(15)29-17/h3-10H,11H2,1-2H3. The number of aromatic nitrogens is 4. The molecule has 0 fully saturated rings. The summed E-state index contributed by atoms with van der Waals surface area (Å²) in [5.41, 5.74) is 2.02. The Morgan fingerprint density at radius 2 is 2.03 bits per heavy atom. The maximum Gasteiger partial charge on any atom is 0.276 e. The van der Waals surface area contributed by atoms with Crippen LogP contribution in [-0.2, 0) is 6.54 Å². The zero-order chi connectivity index (χ0) is 20.5. The SMILES string of the molecule is Cc1c(C(=O)N(C)Cc2nc3ccccc3s2)nnn1-c1cccc([N+](=O)[O-])c1. The van der Waals surface area contributed by atoms with Gasteiger partial charge in [0.1, 0.15) is 5.01 Å². The van der Waals surface area contributed by atoms with Gasteiger partial charge in [-0.2, -0.15) is 0 Å². The van der Waals surface area contributed by atoms with Gasteiger partial charge in [0.2, 0.25) is 0 Å². The van der Waals surface area contributed by atoms with Crippen molar-refractivity contribution in [3.8, 4) is 5.69 Å². The molecule has 0 unspecified atom stereocenters. The van der Waals surface area contributed by atoms with Gasteiger partial charge < -0.3 is 4.90 Å². The topological polar surface area (TPSA) is 107 Å². The summed E-state index contributed by atoms with van der Waals surface area (Å²) in [6.45, 7) is 2.05. The molecule has 0 aliphatic heterocycles. The van der Waals surface area contributed by atoms with Crippen molar-refractivity contribution < 1.29 is 9.72 Å². The fraction of sp³-hybridized carbons (Fsp3) is 0.158. The number of non-ortho nitro benzene ring substituents is 1. The second-order valence-electron chi connectivity index (χ2n) is 6.45. The van der Waals surface area contributed by atoms with Crippen LogP contribution in [0, 0.1) is 17.0 Å². The van der Waals surface area contributed by atoms with E-state index in [0.717, 1.165) is 15.2 Å². The lowest BCUT2D eigenvalue weighted by Gasteiger charge is -2.14. The van der Waals surface area contributed by atoms with E-state index in [1.54, 1.807) is 26.1 Å². The monoisotopic (exact) mass is 408 g/mol. The van der Waals surface area contributed by atoms with E-state index in [2.05, 4.69) is 15.3 Å². The number of amides is 1. The van der Waals surface area contributed by atoms with Crippen molar-refractivity contribution in [3.63, 3.8) is 0 Å². The molecular formula is C19H16N6O3S. The largest absolute Gasteiger partial charge is 0.333 e. The average molecular weight is 408 g/mol. The van der Waals surface area contributed by atoms with Crippen LogP contribution < -0.4 is 0 Å². The van der Waals surface area contributed by atoms with E-state index in [0.29, 0.717) is 17.9 Å². The lowest BCUT2D eigenvalue weighted by molar-refractivity contribution is -0.384. The molecule has 0 spiro atoms. The van der Waals surface area contributed by atoms with Gasteiger partial charge >= 0.3 is 0 Å². The Kier molecular flexibility index (Phi) is 4.77. The molecule has 0 aliphatic carbocycles. The van der Waals surface area contributed by atoms with Crippen LogP contribution in [0.5, 0.6) is 0 Å². The summed E-state index contributed by atoms with van der Waals surface area (Å²) in [7, 11) is 1.68. The van der Waals surface area contributed by atoms with Crippen LogP contribution in [0.4, 0.5) is 5.69 Å². The third-order valence-electron chi connectivity index (χ3n) is 4.44. The minimum atomic E-state index is -0.479. The first kappa shape index (κ1) is 18.7. The number of nitro groups is 1. The van der Waals surface area contributed by atoms with Gasteiger partial charge in [0.25, 0.3) is 11.6 Å². The van der Waals surface area contributed by atoms with Crippen molar-refractivity contribution in [2.45, 2.75) is 13.5 Å². The maximum atomic E-state index is 12.9. The lowest BCUT2D eigenvalue weighted by Crippen LogP contribution is -2.27. The maximum absolute atomic E-state index is 12.9. The second kappa shape index (κ2) is 7.40. The minimum Gasteiger partial charge on any atom is -0.333 e. The number of nitrogens with zero attached hydrogens (tertiary/aromatic N) is 6. The van der Waals surface area contributed by atoms with Crippen LogP contribution in [0.2, 0.25) is 0 Å². The molecule has 0 N–H and O–H groups in total. The molecule has 0 saturated heterocycles. The van der Waals surface area contributed by atoms with E-state index in [1.807, 2.05) is 24.3 Å². The van der Waals surface area contributed by atoms with Gasteiger partial charge in [-0.25, -0.2) is 9.67 Å². The summed E-state index contributed by atoms with van der Waals surface area (Å²) < 4.78 is 2.49. The molecule has 146 valence electrons. The quantitative estimate of drug-likeness (QED) is 0.370. The van der Waals surface area contributed by atoms with E-state index >= 15 is 0 Å². The molecule has 9 nitrogen and oxygen atoms in total. The predicted octanol–water partition coefficient (Wildman–Crippen LogP) is 3.37. The number of para-hydroxylation sites is 1. The van der Waals surface area contributed by atoms with Crippen molar-refractivity contribution >= 4 is 33.1 Å². The van der Waals surface area contributed by atoms with E-state index in [-0.39, 0.29) is 17.3 Å². The minimum absolute atomic E-state index is 0.0572. The molecule has 4 aromatic rings. The van der Waals surface area contributed by atoms with Crippen LogP contribution in [0.1, 0.15) is 21.2 Å². The number of hydrogen-bond acceptors (Lipinski definition) is 7. The second-order valence-corrected chi connectivity index (χ2v) is 7.56. The normalized spacial score (nSPS) is 11.0. The first-order valence-corrected chi connectivity index (χ1v) is 9.52. The molecule has 2 aromatic heterocycles. The number of benzene rings is 2. The van der Waals surface area contributed by atoms with Crippen molar-refractivity contribution in [1.82, 2.24) is 24.9 Å². The first-order valence-electron chi connectivity index (χ1n) is 8.71. The third-order valence-corrected chi connectivity index (χ3v) is 5.46. The Morgan fingerprint density at radius 3 is 2.79 bits per heavy atom. The summed E-state index contributed by atoms with van der Waals surface area (Å²) in [5, 5.41) is 19.9. The highest BCUT2D eigenvalue weighted by Crippen LogP contribution is 2.23. The van der Waals surface area contributed by atoms with Crippen LogP contribution in [0.25, 0.3) is 15.9 Å². The van der Waals surface area contributed by atoms with Gasteiger partial charge in [-0.15, -0.1) is 16.4 Å². The van der Waals surface area contributed by atoms with Gasteiger partial charge in [0.15, 0.2) is 5.69 Å². The molecule has 0 aliphatic rings. The van der Waals surface area contributed by atoms with Crippen LogP contribution in [0.15, 0.2) is 48.5 Å². The van der Waals surface area contributed by atoms with Gasteiger partial charge in [-0.3, -0.25) is 14.9 Å². The number of rotatable bonds is 5. The molecule has 1 amide bonds. The molecule has 2 aromatic carbocycles. The van der Waals surface area contributed by atoms with Crippen molar-refractivity contribution in [3.05, 3.63) is 75.0 Å². The number of nitro benzene ring substituents is 1. The molecule has 2 heterocycles. The van der Waals surface area contributed by atoms with Crippen molar-refractivity contribution in [2.24, 2.45) is 0 Å². The number of thiazole rings is 1. The van der Waals surface area contributed by atoms with Gasteiger partial charge in [-0.05, 0) is 25.1 Å². The number of carbonyl (C=O) groups is 1. The Labute approximate surface area is 169 Å². The molecule has 0 bridgehead atoms. The first-order chi connectivity index (χ1) is 13.9. The Balaban J connectivity index is 1.57. The molecule has 0 atom stereocenters. The highest BCUT2D eigenvalue weighted by Gasteiger charge is 2.22. The van der Waals surface area contributed by atoms with E-state index in [9.17, 15) is 14.9 Å². The molecule has 0 saturated carbocycles. The highest BCUT2D eigenvalue weighted by molar-refractivity contribution is 7.18. The molecular weight excluding hydrogens is 392 g/mol. The number of fused-ring (bicyclic) bond motifs is 1. The zero-order valence-corrected chi connectivity index (χ0v) is 16.5. The van der Waals surface area contributed by atoms with Gasteiger partial charge in [-0.1, -0.05) is 23.4 Å². The average Bonchev–Trinajstić information content (AvgIpc) is 3.30. The van der Waals surface area contributed by atoms with Crippen LogP contribution >= 0.6 is 11.3 Å². The number of hydrogen-bond donors (Lipinski definition) is 0. The van der Waals surface area contributed by atoms with Crippen molar-refractivity contribution in [2.75, 3.05) is 7.05 Å². The lowest BCUT2D eigenvalue weighted by atomic mass is 10.2. The molecule has 4 rings (SSSR count). The summed E-state index contributed by atoms with van der Waals surface area (Å²) in [6, 6.07) is 13.8. The van der Waals surface area contributed by atoms with Crippen LogP contribution in [0.3, 0.4) is 0 Å². The molecule has 10 heteroatoms. The number of carbonyl (C=O) groups excluding carboxylic acids is 1. The van der Waals surface area contributed by atoms with Crippen molar-refractivity contribution in [1.29, 1.82) is 0 Å². The van der Waals surface area contributed by atoms with Gasteiger partial charge in [0.05, 0.1) is 33.1 Å². The third kappa shape index (κ3) is 3.57. The Bertz CT molecular complexity index is 1200. The Hall–Kier alpha value is -3.66. The highest BCUT2D eigenvalue weighted by atomic mass is 32.1. The molecule has 29 heavy (non-hydrogen) atoms. The smallest absolute Gasteiger partial charge is 0.276 e. The fourth-order valence-corrected chi connectivity index (χ4v) is 3.97. The predicted molar refractivity (Wildman–Crippen MR) is 108 cm³/mol. The van der Waals surface area contributed by atoms with E-state index in [1.165, 1.54) is 33.1 Å². The summed E-state index contributed by atoms with van der Waals surface area (Å²) >= 11 is 1.54. The van der Waals surface area contributed by atoms with Crippen LogP contribution in [-0.4, -0.2) is 42.8 Å². The summed E-state index contributed by atoms with van der Waals surface area (Å²) in [4.78, 5) is 29.5. The Morgan fingerprint density at radius 1 is 1.24 bits per heavy atom.